The van der Waals surface area contributed by atoms with Gasteiger partial charge >= 0.3 is 0 Å². The average Bonchev–Trinajstić information content (AvgIpc) is 2.89. The Labute approximate surface area is 176 Å². The first kappa shape index (κ1) is 25.9. The molecule has 1 rings (SSSR count). The molecule has 8 heteroatoms. The van der Waals surface area contributed by atoms with E-state index in [0.717, 1.165) is 19.4 Å². The molecule has 0 bridgehead atoms. The number of nitrogens with one attached hydrogen (secondary N) is 1. The third-order valence-electron chi connectivity index (χ3n) is 6.79. The fraction of sp³-hybridized carbons (Fsp3) is 0.905. The van der Waals surface area contributed by atoms with Gasteiger partial charge in [-0.2, -0.15) is 8.42 Å². The van der Waals surface area contributed by atoms with Crippen molar-refractivity contribution in [2.24, 2.45) is 16.7 Å². The van der Waals surface area contributed by atoms with Gasteiger partial charge in [-0.25, -0.2) is 0 Å². The minimum absolute atomic E-state index is 0.0933. The highest BCUT2D eigenvalue weighted by Crippen LogP contribution is 2.49. The zero-order valence-corrected chi connectivity index (χ0v) is 20.1. The number of amides is 2. The van der Waals surface area contributed by atoms with Gasteiger partial charge in [-0.3, -0.25) is 14.1 Å². The molecule has 0 aliphatic carbocycles. The van der Waals surface area contributed by atoms with E-state index in [-0.39, 0.29) is 29.2 Å². The van der Waals surface area contributed by atoms with E-state index in [1.54, 1.807) is 13.8 Å². The molecule has 0 aromatic heterocycles. The van der Waals surface area contributed by atoms with Gasteiger partial charge in [-0.05, 0) is 50.9 Å². The molecule has 170 valence electrons. The molecule has 2 unspecified atom stereocenters. The molecule has 0 saturated carbocycles. The Hall–Kier alpha value is -1.15. The Morgan fingerprint density at radius 2 is 1.76 bits per heavy atom. The zero-order chi connectivity index (χ0) is 22.8. The van der Waals surface area contributed by atoms with Crippen LogP contribution >= 0.6 is 0 Å². The predicted octanol–water partition coefficient (Wildman–Crippen LogP) is 3.25. The van der Waals surface area contributed by atoms with Crippen molar-refractivity contribution < 1.29 is 22.6 Å². The first-order valence-corrected chi connectivity index (χ1v) is 12.1. The highest BCUT2D eigenvalue weighted by atomic mass is 32.2. The van der Waals surface area contributed by atoms with Gasteiger partial charge in [-0.1, -0.05) is 34.6 Å². The SMILES string of the molecule is CCC(C(=O)NC(C)(C)CS(=O)(=O)O)C(C)(C)C(C)(C)CC(C)N1CCCC1=O. The summed E-state index contributed by atoms with van der Waals surface area (Å²) >= 11 is 0. The first-order chi connectivity index (χ1) is 12.9. The van der Waals surface area contributed by atoms with Crippen molar-refractivity contribution in [3.8, 4) is 0 Å². The van der Waals surface area contributed by atoms with E-state index in [1.165, 1.54) is 0 Å². The monoisotopic (exact) mass is 432 g/mol. The second kappa shape index (κ2) is 8.92. The van der Waals surface area contributed by atoms with Crippen LogP contribution in [0.4, 0.5) is 0 Å². The van der Waals surface area contributed by atoms with Crippen LogP contribution in [-0.4, -0.2) is 53.6 Å². The lowest BCUT2D eigenvalue weighted by Crippen LogP contribution is -2.54. The van der Waals surface area contributed by atoms with Crippen molar-refractivity contribution >= 4 is 21.9 Å². The topological polar surface area (TPSA) is 104 Å². The summed E-state index contributed by atoms with van der Waals surface area (Å²) in [6.45, 7) is 16.4. The lowest BCUT2D eigenvalue weighted by molar-refractivity contribution is -0.136. The second-order valence-electron chi connectivity index (χ2n) is 10.4. The van der Waals surface area contributed by atoms with Crippen LogP contribution in [0.3, 0.4) is 0 Å². The Bertz CT molecular complexity index is 713. The molecular weight excluding hydrogens is 392 g/mol. The fourth-order valence-corrected chi connectivity index (χ4v) is 5.64. The largest absolute Gasteiger partial charge is 0.350 e. The molecular formula is C21H40N2O5S. The third-order valence-corrected chi connectivity index (χ3v) is 7.88. The Balaban J connectivity index is 2.99. The van der Waals surface area contributed by atoms with Gasteiger partial charge in [0.05, 0.1) is 11.3 Å². The highest BCUT2D eigenvalue weighted by molar-refractivity contribution is 7.85. The van der Waals surface area contributed by atoms with Gasteiger partial charge in [-0.15, -0.1) is 0 Å². The molecule has 0 aromatic rings. The summed E-state index contributed by atoms with van der Waals surface area (Å²) in [5.74, 6) is -0.910. The van der Waals surface area contributed by atoms with Crippen molar-refractivity contribution in [1.82, 2.24) is 10.2 Å². The number of rotatable bonds is 10. The van der Waals surface area contributed by atoms with E-state index in [1.807, 2.05) is 11.8 Å². The highest BCUT2D eigenvalue weighted by Gasteiger charge is 2.47. The van der Waals surface area contributed by atoms with E-state index in [4.69, 9.17) is 4.55 Å². The molecule has 1 saturated heterocycles. The molecule has 1 heterocycles. The lowest BCUT2D eigenvalue weighted by Gasteiger charge is -2.49. The molecule has 0 radical (unpaired) electrons. The van der Waals surface area contributed by atoms with Crippen LogP contribution in [0.25, 0.3) is 0 Å². The predicted molar refractivity (Wildman–Crippen MR) is 115 cm³/mol. The standard InChI is InChI=1S/C21H40N2O5S/c1-9-16(18(25)22-20(5,6)14-29(26,27)28)21(7,8)19(3,4)13-15(2)23-12-10-11-17(23)24/h15-16H,9-14H2,1-8H3,(H,22,25)(H,26,27,28). The summed E-state index contributed by atoms with van der Waals surface area (Å²) in [5.41, 5.74) is -1.73. The Kier molecular flexibility index (Phi) is 7.96. The molecule has 0 aromatic carbocycles. The molecule has 1 fully saturated rings. The molecule has 2 atom stereocenters. The van der Waals surface area contributed by atoms with Gasteiger partial charge in [0.2, 0.25) is 11.8 Å². The molecule has 1 aliphatic heterocycles. The summed E-state index contributed by atoms with van der Waals surface area (Å²) in [6.07, 6.45) is 2.87. The maximum atomic E-state index is 13.1. The number of likely N-dealkylation sites (tertiary alicyclic amines) is 1. The van der Waals surface area contributed by atoms with E-state index < -0.39 is 26.8 Å². The van der Waals surface area contributed by atoms with Gasteiger partial charge < -0.3 is 10.2 Å². The van der Waals surface area contributed by atoms with Crippen LogP contribution in [0, 0.1) is 16.7 Å². The van der Waals surface area contributed by atoms with Gasteiger partial charge in [0.25, 0.3) is 10.1 Å². The molecule has 29 heavy (non-hydrogen) atoms. The first-order valence-electron chi connectivity index (χ1n) is 10.5. The maximum absolute atomic E-state index is 13.1. The summed E-state index contributed by atoms with van der Waals surface area (Å²) in [4.78, 5) is 27.2. The average molecular weight is 433 g/mol. The quantitative estimate of drug-likeness (QED) is 0.516. The minimum Gasteiger partial charge on any atom is -0.350 e. The molecule has 2 N–H and O–H groups in total. The second-order valence-corrected chi connectivity index (χ2v) is 11.9. The van der Waals surface area contributed by atoms with E-state index in [0.29, 0.717) is 12.8 Å². The maximum Gasteiger partial charge on any atom is 0.267 e. The van der Waals surface area contributed by atoms with E-state index in [9.17, 15) is 18.0 Å². The van der Waals surface area contributed by atoms with Crippen LogP contribution in [0.5, 0.6) is 0 Å². The van der Waals surface area contributed by atoms with Crippen LogP contribution in [0.2, 0.25) is 0 Å². The lowest BCUT2D eigenvalue weighted by atomic mass is 9.58. The van der Waals surface area contributed by atoms with Gasteiger partial charge in [0.1, 0.15) is 0 Å². The molecule has 7 nitrogen and oxygen atoms in total. The van der Waals surface area contributed by atoms with Crippen molar-refractivity contribution in [1.29, 1.82) is 0 Å². The fourth-order valence-electron chi connectivity index (χ4n) is 4.65. The van der Waals surface area contributed by atoms with Crippen molar-refractivity contribution in [3.05, 3.63) is 0 Å². The van der Waals surface area contributed by atoms with Crippen molar-refractivity contribution in [2.75, 3.05) is 12.3 Å². The summed E-state index contributed by atoms with van der Waals surface area (Å²) in [6, 6.07) is 0.0933. The summed E-state index contributed by atoms with van der Waals surface area (Å²) in [7, 11) is -4.21. The molecule has 1 aliphatic rings. The van der Waals surface area contributed by atoms with Crippen LogP contribution in [0.1, 0.15) is 81.1 Å². The smallest absolute Gasteiger partial charge is 0.267 e. The molecule has 2 amide bonds. The van der Waals surface area contributed by atoms with Crippen LogP contribution in [-0.2, 0) is 19.7 Å². The number of hydrogen-bond donors (Lipinski definition) is 2. The van der Waals surface area contributed by atoms with Crippen LogP contribution < -0.4 is 5.32 Å². The number of nitrogens with zero attached hydrogens (tertiary/aromatic N) is 1. The number of carbonyl (C=O) groups excluding carboxylic acids is 2. The van der Waals surface area contributed by atoms with Crippen molar-refractivity contribution in [2.45, 2.75) is 92.7 Å². The van der Waals surface area contributed by atoms with Gasteiger partial charge in [0, 0.05) is 24.9 Å². The number of hydrogen-bond acceptors (Lipinski definition) is 4. The van der Waals surface area contributed by atoms with Crippen LogP contribution in [0.15, 0.2) is 0 Å². The minimum atomic E-state index is -4.21. The summed E-state index contributed by atoms with van der Waals surface area (Å²) < 4.78 is 31.7. The number of carbonyl (C=O) groups is 2. The molecule has 0 spiro atoms. The van der Waals surface area contributed by atoms with E-state index >= 15 is 0 Å². The Morgan fingerprint density at radius 1 is 1.21 bits per heavy atom. The normalized spacial score (nSPS) is 18.7. The van der Waals surface area contributed by atoms with E-state index in [2.05, 4.69) is 39.9 Å². The van der Waals surface area contributed by atoms with Gasteiger partial charge in [0.15, 0.2) is 0 Å². The van der Waals surface area contributed by atoms with Crippen molar-refractivity contribution in [3.63, 3.8) is 0 Å². The third kappa shape index (κ3) is 6.67. The zero-order valence-electron chi connectivity index (χ0n) is 19.3. The Morgan fingerprint density at radius 3 is 2.17 bits per heavy atom. The summed E-state index contributed by atoms with van der Waals surface area (Å²) in [5, 5.41) is 2.81.